The predicted octanol–water partition coefficient (Wildman–Crippen LogP) is 4.70. The van der Waals surface area contributed by atoms with Crippen LogP contribution in [0.5, 0.6) is 0 Å². The molecular weight excluding hydrogens is 502 g/mol. The number of anilines is 1. The molecule has 2 N–H and O–H groups in total. The number of amides is 2. The first kappa shape index (κ1) is 29.1. The number of hydrogen-bond donors (Lipinski definition) is 2. The summed E-state index contributed by atoms with van der Waals surface area (Å²) in [5.74, 6) is -3.41. The Balaban J connectivity index is 1.77. The highest BCUT2D eigenvalue weighted by atomic mass is 19.3. The summed E-state index contributed by atoms with van der Waals surface area (Å²) < 4.78 is 33.1. The lowest BCUT2D eigenvalue weighted by molar-refractivity contribution is -0.132. The molecule has 7 nitrogen and oxygen atoms in total. The zero-order chi connectivity index (χ0) is 28.4. The number of rotatable bonds is 7. The molecule has 2 fully saturated rings. The summed E-state index contributed by atoms with van der Waals surface area (Å²) in [7, 11) is 1.61. The fraction of sp³-hybridized carbons (Fsp3) is 0.567. The van der Waals surface area contributed by atoms with E-state index in [1.54, 1.807) is 43.5 Å². The molecule has 2 amide bonds. The van der Waals surface area contributed by atoms with Crippen molar-refractivity contribution < 1.29 is 23.1 Å². The third-order valence-electron chi connectivity index (χ3n) is 8.10. The number of pyridine rings is 1. The van der Waals surface area contributed by atoms with Crippen LogP contribution in [0.25, 0.3) is 0 Å². The van der Waals surface area contributed by atoms with E-state index in [1.165, 1.54) is 0 Å². The largest absolute Gasteiger partial charge is 0.380 e. The van der Waals surface area contributed by atoms with Gasteiger partial charge in [0.15, 0.2) is 5.54 Å². The molecule has 0 spiro atoms. The average Bonchev–Trinajstić information content (AvgIpc) is 3.40. The van der Waals surface area contributed by atoms with Crippen molar-refractivity contribution in [1.29, 1.82) is 0 Å². The Morgan fingerprint density at radius 2 is 1.74 bits per heavy atom. The molecule has 212 valence electrons. The van der Waals surface area contributed by atoms with E-state index in [1.807, 2.05) is 24.3 Å². The molecule has 2 heterocycles. The Morgan fingerprint density at radius 3 is 2.28 bits per heavy atom. The molecule has 1 aliphatic carbocycles. The number of methoxy groups -OCH3 is 1. The Hall–Kier alpha value is -2.91. The van der Waals surface area contributed by atoms with Gasteiger partial charge in [0.2, 0.25) is 11.8 Å². The maximum atomic E-state index is 14.3. The molecule has 2 aliphatic rings. The van der Waals surface area contributed by atoms with E-state index in [2.05, 4.69) is 36.4 Å². The maximum absolute atomic E-state index is 14.3. The summed E-state index contributed by atoms with van der Waals surface area (Å²) in [6, 6.07) is 10.2. The number of alkyl halides is 2. The zero-order valence-electron chi connectivity index (χ0n) is 23.5. The fourth-order valence-corrected chi connectivity index (χ4v) is 5.47. The van der Waals surface area contributed by atoms with E-state index in [0.29, 0.717) is 24.2 Å². The van der Waals surface area contributed by atoms with Gasteiger partial charge in [0.25, 0.3) is 5.91 Å². The summed E-state index contributed by atoms with van der Waals surface area (Å²) in [4.78, 5) is 34.3. The smallest absolute Gasteiger partial charge is 0.251 e. The predicted molar refractivity (Wildman–Crippen MR) is 147 cm³/mol. The average molecular weight is 543 g/mol. The van der Waals surface area contributed by atoms with Crippen molar-refractivity contribution in [3.05, 3.63) is 59.9 Å². The maximum Gasteiger partial charge on any atom is 0.251 e. The number of halogens is 2. The lowest BCUT2D eigenvalue weighted by Crippen LogP contribution is -2.61. The van der Waals surface area contributed by atoms with Gasteiger partial charge in [-0.25, -0.2) is 8.78 Å². The number of aromatic nitrogens is 1. The van der Waals surface area contributed by atoms with Crippen molar-refractivity contribution in [3.63, 3.8) is 0 Å². The van der Waals surface area contributed by atoms with E-state index < -0.39 is 29.5 Å². The van der Waals surface area contributed by atoms with Crippen molar-refractivity contribution in [3.8, 4) is 0 Å². The summed E-state index contributed by atoms with van der Waals surface area (Å²) in [5, 5.41) is 6.26. The number of ether oxygens (including phenoxy) is 1. The molecule has 1 saturated heterocycles. The third-order valence-corrected chi connectivity index (χ3v) is 8.10. The molecule has 1 aromatic carbocycles. The number of nitrogens with one attached hydrogen (secondary N) is 2. The van der Waals surface area contributed by atoms with Crippen LogP contribution in [0, 0.1) is 0 Å². The third kappa shape index (κ3) is 6.30. The van der Waals surface area contributed by atoms with Crippen LogP contribution in [-0.4, -0.2) is 54.6 Å². The summed E-state index contributed by atoms with van der Waals surface area (Å²) in [6.45, 7) is 8.56. The Kier molecular flexibility index (Phi) is 8.42. The first-order valence-electron chi connectivity index (χ1n) is 13.7. The molecule has 1 aliphatic heterocycles. The Labute approximate surface area is 229 Å². The minimum absolute atomic E-state index is 0.0981. The van der Waals surface area contributed by atoms with Gasteiger partial charge in [-0.3, -0.25) is 19.5 Å². The van der Waals surface area contributed by atoms with Gasteiger partial charge in [-0.2, -0.15) is 0 Å². The molecule has 1 saturated carbocycles. The SMILES string of the molecule is CO[C@H]1CN[C@@H](C(=O)N(c2ccc(C(C)(C)C)cc2)C(C)(C(=O)NC2CCC(F)(F)CC2)c2cccnc2)C1. The highest BCUT2D eigenvalue weighted by Crippen LogP contribution is 2.38. The van der Waals surface area contributed by atoms with Crippen molar-refractivity contribution >= 4 is 17.5 Å². The van der Waals surface area contributed by atoms with E-state index >= 15 is 0 Å². The van der Waals surface area contributed by atoms with Crippen molar-refractivity contribution in [2.24, 2.45) is 0 Å². The molecule has 0 bridgehead atoms. The van der Waals surface area contributed by atoms with Gasteiger partial charge < -0.3 is 15.4 Å². The second kappa shape index (κ2) is 11.3. The number of benzene rings is 1. The molecule has 3 atom stereocenters. The van der Waals surface area contributed by atoms with E-state index in [4.69, 9.17) is 4.74 Å². The quantitative estimate of drug-likeness (QED) is 0.530. The van der Waals surface area contributed by atoms with Crippen molar-refractivity contribution in [2.75, 3.05) is 18.6 Å². The van der Waals surface area contributed by atoms with Gasteiger partial charge in [-0.1, -0.05) is 39.0 Å². The molecular formula is C30H40F2N4O3. The molecule has 1 aromatic heterocycles. The molecule has 1 unspecified atom stereocenters. The van der Waals surface area contributed by atoms with Gasteiger partial charge in [0, 0.05) is 56.2 Å². The first-order chi connectivity index (χ1) is 18.3. The number of carbonyl (C=O) groups is 2. The first-order valence-corrected chi connectivity index (χ1v) is 13.7. The standard InChI is InChI=1S/C30H40F2N4O3/c1-28(2,3)20-8-10-23(11-9-20)36(26(37)25-17-24(39-5)19-34-25)29(4,21-7-6-16-33-18-21)27(38)35-22-12-14-30(31,32)15-13-22/h6-11,16,18,22,24-25,34H,12-15,17,19H2,1-5H3,(H,35,38)/t24-,25-,29?/m1/s1. The van der Waals surface area contributed by atoms with Gasteiger partial charge in [0.05, 0.1) is 12.1 Å². The van der Waals surface area contributed by atoms with Crippen molar-refractivity contribution in [1.82, 2.24) is 15.6 Å². The molecule has 39 heavy (non-hydrogen) atoms. The minimum atomic E-state index is -2.71. The Bertz CT molecular complexity index is 1140. The molecule has 9 heteroatoms. The van der Waals surface area contributed by atoms with Crippen LogP contribution in [0.15, 0.2) is 48.8 Å². The number of carbonyl (C=O) groups excluding carboxylic acids is 2. The molecule has 2 aromatic rings. The zero-order valence-corrected chi connectivity index (χ0v) is 23.5. The van der Waals surface area contributed by atoms with E-state index in [0.717, 1.165) is 5.56 Å². The summed E-state index contributed by atoms with van der Waals surface area (Å²) >= 11 is 0. The summed E-state index contributed by atoms with van der Waals surface area (Å²) in [5.41, 5.74) is 0.582. The minimum Gasteiger partial charge on any atom is -0.380 e. The number of nitrogens with zero attached hydrogens (tertiary/aromatic N) is 2. The summed E-state index contributed by atoms with van der Waals surface area (Å²) in [6.07, 6.45) is 3.34. The van der Waals surface area contributed by atoms with Crippen molar-refractivity contribution in [2.45, 2.75) is 94.9 Å². The van der Waals surface area contributed by atoms with Gasteiger partial charge in [-0.05, 0) is 55.4 Å². The van der Waals surface area contributed by atoms with Gasteiger partial charge in [0.1, 0.15) is 0 Å². The van der Waals surface area contributed by atoms with Crippen LogP contribution in [0.4, 0.5) is 14.5 Å². The van der Waals surface area contributed by atoms with Crippen LogP contribution in [0.3, 0.4) is 0 Å². The molecule has 4 rings (SSSR count). The fourth-order valence-electron chi connectivity index (χ4n) is 5.47. The van der Waals surface area contributed by atoms with Crippen LogP contribution < -0.4 is 15.5 Å². The second-order valence-corrected chi connectivity index (χ2v) is 11.9. The van der Waals surface area contributed by atoms with Crippen LogP contribution in [-0.2, 0) is 25.3 Å². The monoisotopic (exact) mass is 542 g/mol. The van der Waals surface area contributed by atoms with Gasteiger partial charge >= 0.3 is 0 Å². The number of hydrogen-bond acceptors (Lipinski definition) is 5. The molecule has 0 radical (unpaired) electrons. The Morgan fingerprint density at radius 1 is 1.08 bits per heavy atom. The lowest BCUT2D eigenvalue weighted by atomic mass is 9.85. The highest BCUT2D eigenvalue weighted by molar-refractivity contribution is 6.06. The van der Waals surface area contributed by atoms with E-state index in [-0.39, 0.29) is 43.1 Å². The van der Waals surface area contributed by atoms with Gasteiger partial charge in [-0.15, -0.1) is 0 Å². The van der Waals surface area contributed by atoms with Crippen LogP contribution >= 0.6 is 0 Å². The van der Waals surface area contributed by atoms with Crippen LogP contribution in [0.1, 0.15) is 70.9 Å². The highest BCUT2D eigenvalue weighted by Gasteiger charge is 2.49. The van der Waals surface area contributed by atoms with E-state index in [9.17, 15) is 18.4 Å². The normalized spacial score (nSPS) is 23.2. The second-order valence-electron chi connectivity index (χ2n) is 11.9. The lowest BCUT2D eigenvalue weighted by Gasteiger charge is -2.42. The van der Waals surface area contributed by atoms with Crippen LogP contribution in [0.2, 0.25) is 0 Å². The topological polar surface area (TPSA) is 83.6 Å².